The summed E-state index contributed by atoms with van der Waals surface area (Å²) in [6, 6.07) is 4.13. The Morgan fingerprint density at radius 2 is 1.86 bits per heavy atom. The van der Waals surface area contributed by atoms with E-state index in [0.29, 0.717) is 0 Å². The summed E-state index contributed by atoms with van der Waals surface area (Å²) >= 11 is 0. The van der Waals surface area contributed by atoms with Gasteiger partial charge in [-0.2, -0.15) is 0 Å². The van der Waals surface area contributed by atoms with Crippen LogP contribution in [0.3, 0.4) is 0 Å². The van der Waals surface area contributed by atoms with E-state index in [-0.39, 0.29) is 17.6 Å². The summed E-state index contributed by atoms with van der Waals surface area (Å²) in [6.45, 7) is 9.46. The van der Waals surface area contributed by atoms with Gasteiger partial charge in [-0.1, -0.05) is 43.2 Å². The molecule has 0 amide bonds. The van der Waals surface area contributed by atoms with Gasteiger partial charge in [0.05, 0.1) is 17.6 Å². The molecule has 0 spiro atoms. The quantitative estimate of drug-likeness (QED) is 0.712. The van der Waals surface area contributed by atoms with Crippen LogP contribution in [0.15, 0.2) is 29.3 Å². The molecule has 0 aliphatic heterocycles. The maximum absolute atomic E-state index is 4.13. The molecular formula is C11H17NSi2. The van der Waals surface area contributed by atoms with Crippen LogP contribution in [0.1, 0.15) is 5.56 Å². The molecule has 0 aliphatic carbocycles. The Labute approximate surface area is 90.1 Å². The standard InChI is InChI=1S/C11H17NSi2/c1-13(2)11(14(3)4)8-10-6-5-7-12-9-10/h5-9H,1-4H3. The Balaban J connectivity index is 2.94. The molecule has 0 N–H and O–H groups in total. The molecule has 0 aliphatic rings. The van der Waals surface area contributed by atoms with Gasteiger partial charge in [-0.05, 0) is 11.6 Å². The summed E-state index contributed by atoms with van der Waals surface area (Å²) in [6.07, 6.45) is 6.11. The fourth-order valence-corrected chi connectivity index (χ4v) is 6.33. The zero-order valence-electron chi connectivity index (χ0n) is 9.33. The van der Waals surface area contributed by atoms with E-state index >= 15 is 0 Å². The summed E-state index contributed by atoms with van der Waals surface area (Å²) < 4.78 is 0. The Morgan fingerprint density at radius 3 is 2.29 bits per heavy atom. The van der Waals surface area contributed by atoms with E-state index < -0.39 is 0 Å². The molecule has 0 atom stereocenters. The minimum Gasteiger partial charge on any atom is -0.264 e. The summed E-state index contributed by atoms with van der Waals surface area (Å²) in [5.41, 5.74) is 1.25. The topological polar surface area (TPSA) is 12.9 Å². The average molecular weight is 219 g/mol. The molecule has 1 heterocycles. The van der Waals surface area contributed by atoms with Crippen LogP contribution < -0.4 is 0 Å². The molecule has 0 saturated heterocycles. The molecule has 1 aromatic heterocycles. The monoisotopic (exact) mass is 219 g/mol. The van der Waals surface area contributed by atoms with Crippen LogP contribution in [-0.2, 0) is 0 Å². The van der Waals surface area contributed by atoms with E-state index in [9.17, 15) is 0 Å². The van der Waals surface area contributed by atoms with Gasteiger partial charge in [0.2, 0.25) is 0 Å². The first-order valence-corrected chi connectivity index (χ1v) is 9.84. The van der Waals surface area contributed by atoms with Crippen molar-refractivity contribution < 1.29 is 0 Å². The molecule has 0 saturated carbocycles. The third-order valence-corrected chi connectivity index (χ3v) is 7.52. The van der Waals surface area contributed by atoms with E-state index in [1.807, 2.05) is 18.5 Å². The van der Waals surface area contributed by atoms with Gasteiger partial charge < -0.3 is 0 Å². The predicted octanol–water partition coefficient (Wildman–Crippen LogP) is 3.05. The van der Waals surface area contributed by atoms with E-state index in [1.54, 1.807) is 4.82 Å². The highest BCUT2D eigenvalue weighted by Crippen LogP contribution is 2.11. The minimum atomic E-state index is -0.291. The molecule has 1 aromatic rings. The summed E-state index contributed by atoms with van der Waals surface area (Å²) in [5, 5.41) is 0. The smallest absolute Gasteiger partial charge is 0.0684 e. The molecular weight excluding hydrogens is 202 g/mol. The van der Waals surface area contributed by atoms with Crippen molar-refractivity contribution in [2.24, 2.45) is 0 Å². The van der Waals surface area contributed by atoms with Crippen molar-refractivity contribution in [3.63, 3.8) is 0 Å². The highest BCUT2D eigenvalue weighted by Gasteiger charge is 2.10. The lowest BCUT2D eigenvalue weighted by molar-refractivity contribution is 1.32. The first kappa shape index (κ1) is 11.4. The number of aromatic nitrogens is 1. The van der Waals surface area contributed by atoms with Crippen molar-refractivity contribution in [3.8, 4) is 0 Å². The molecule has 2 radical (unpaired) electrons. The van der Waals surface area contributed by atoms with Crippen LogP contribution >= 0.6 is 0 Å². The first-order chi connectivity index (χ1) is 6.61. The van der Waals surface area contributed by atoms with Crippen LogP contribution in [0, 0.1) is 0 Å². The maximum Gasteiger partial charge on any atom is 0.0684 e. The molecule has 1 nitrogen and oxygen atoms in total. The molecule has 0 bridgehead atoms. The molecule has 0 fully saturated rings. The summed E-state index contributed by atoms with van der Waals surface area (Å²) in [5.74, 6) is 0. The van der Waals surface area contributed by atoms with Gasteiger partial charge in [0.25, 0.3) is 0 Å². The Kier molecular flexibility index (Phi) is 4.29. The average Bonchev–Trinajstić information content (AvgIpc) is 2.15. The van der Waals surface area contributed by atoms with Gasteiger partial charge >= 0.3 is 0 Å². The van der Waals surface area contributed by atoms with Gasteiger partial charge in [-0.3, -0.25) is 4.98 Å². The number of hydrogen-bond acceptors (Lipinski definition) is 1. The lowest BCUT2D eigenvalue weighted by atomic mass is 10.3. The fraction of sp³-hybridized carbons (Fsp3) is 0.364. The number of nitrogens with zero attached hydrogens (tertiary/aromatic N) is 1. The zero-order valence-corrected chi connectivity index (χ0v) is 11.3. The van der Waals surface area contributed by atoms with E-state index in [0.717, 1.165) is 0 Å². The summed E-state index contributed by atoms with van der Waals surface area (Å²) in [7, 11) is -0.583. The maximum atomic E-state index is 4.13. The highest BCUT2D eigenvalue weighted by atomic mass is 28.3. The molecule has 0 unspecified atom stereocenters. The molecule has 74 valence electrons. The number of hydrogen-bond donors (Lipinski definition) is 0. The van der Waals surface area contributed by atoms with Crippen LogP contribution in [0.2, 0.25) is 26.2 Å². The predicted molar refractivity (Wildman–Crippen MR) is 67.2 cm³/mol. The highest BCUT2D eigenvalue weighted by molar-refractivity contribution is 6.87. The van der Waals surface area contributed by atoms with Gasteiger partial charge in [0.15, 0.2) is 0 Å². The normalized spacial score (nSPS) is 10.7. The Morgan fingerprint density at radius 1 is 1.21 bits per heavy atom. The lowest BCUT2D eigenvalue weighted by Crippen LogP contribution is -2.18. The lowest BCUT2D eigenvalue weighted by Gasteiger charge is -2.12. The molecule has 14 heavy (non-hydrogen) atoms. The minimum absolute atomic E-state index is 0.291. The zero-order chi connectivity index (χ0) is 10.6. The largest absolute Gasteiger partial charge is 0.264 e. The van der Waals surface area contributed by atoms with Crippen LogP contribution in [0.5, 0.6) is 0 Å². The van der Waals surface area contributed by atoms with Gasteiger partial charge in [0, 0.05) is 12.4 Å². The third-order valence-electron chi connectivity index (χ3n) is 2.07. The SMILES string of the molecule is C[Si](C)C(=Cc1cccnc1)[Si](C)C. The van der Waals surface area contributed by atoms with Crippen molar-refractivity contribution in [3.05, 3.63) is 34.9 Å². The van der Waals surface area contributed by atoms with Crippen molar-refractivity contribution in [2.75, 3.05) is 0 Å². The van der Waals surface area contributed by atoms with Crippen LogP contribution in [0.4, 0.5) is 0 Å². The second-order valence-corrected chi connectivity index (χ2v) is 9.42. The number of pyridine rings is 1. The van der Waals surface area contributed by atoms with Crippen molar-refractivity contribution >= 4 is 23.7 Å². The van der Waals surface area contributed by atoms with Gasteiger partial charge in [-0.25, -0.2) is 0 Å². The molecule has 1 rings (SSSR count). The second kappa shape index (κ2) is 5.27. The van der Waals surface area contributed by atoms with Crippen molar-refractivity contribution in [2.45, 2.75) is 26.2 Å². The van der Waals surface area contributed by atoms with E-state index in [1.165, 1.54) is 5.56 Å². The Bertz CT molecular complexity index is 294. The van der Waals surface area contributed by atoms with Crippen molar-refractivity contribution in [1.82, 2.24) is 4.98 Å². The van der Waals surface area contributed by atoms with E-state index in [4.69, 9.17) is 0 Å². The second-order valence-electron chi connectivity index (χ2n) is 3.84. The first-order valence-electron chi connectivity index (χ1n) is 4.84. The molecule has 3 heteroatoms. The summed E-state index contributed by atoms with van der Waals surface area (Å²) in [4.78, 5) is 5.82. The molecule has 0 aromatic carbocycles. The number of rotatable bonds is 3. The fourth-order valence-electron chi connectivity index (χ4n) is 1.42. The van der Waals surface area contributed by atoms with Crippen LogP contribution in [-0.4, -0.2) is 22.6 Å². The Hall–Kier alpha value is -0.676. The van der Waals surface area contributed by atoms with Crippen molar-refractivity contribution in [1.29, 1.82) is 0 Å². The third kappa shape index (κ3) is 3.23. The van der Waals surface area contributed by atoms with Crippen LogP contribution in [0.25, 0.3) is 6.08 Å². The van der Waals surface area contributed by atoms with Gasteiger partial charge in [0.1, 0.15) is 0 Å². The van der Waals surface area contributed by atoms with Gasteiger partial charge in [-0.15, -0.1) is 0 Å². The van der Waals surface area contributed by atoms with E-state index in [2.05, 4.69) is 43.3 Å².